The van der Waals surface area contributed by atoms with Crippen LogP contribution in [0.25, 0.3) is 11.3 Å². The first kappa shape index (κ1) is 20.8. The number of carbonyl (C=O) groups is 1. The molecule has 1 aromatic heterocycles. The molecular formula is C20H25Cl2N5O. The fourth-order valence-electron chi connectivity index (χ4n) is 3.46. The predicted molar refractivity (Wildman–Crippen MR) is 113 cm³/mol. The van der Waals surface area contributed by atoms with E-state index in [4.69, 9.17) is 23.2 Å². The number of piperidine rings is 1. The van der Waals surface area contributed by atoms with Gasteiger partial charge in [-0.1, -0.05) is 35.3 Å². The average molecular weight is 422 g/mol. The smallest absolute Gasteiger partial charge is 0.317 e. The number of hydrogen-bond donors (Lipinski definition) is 1. The molecule has 1 N–H and O–H groups in total. The van der Waals surface area contributed by atoms with Gasteiger partial charge < -0.3 is 15.1 Å². The standard InChI is InChI=1S/C20H25Cl2N5O/c1-13(25-20(28)27(3)14-7-10-26(2)11-8-14)15-4-5-16(19(22)18(15)21)17-6-9-23-12-24-17/h4-6,9,12-14H,7-8,10-11H2,1-3H3,(H,25,28). The van der Waals surface area contributed by atoms with E-state index in [2.05, 4.69) is 27.2 Å². The molecule has 1 fully saturated rings. The number of benzene rings is 1. The number of nitrogens with one attached hydrogen (secondary N) is 1. The van der Waals surface area contributed by atoms with Gasteiger partial charge in [0.05, 0.1) is 21.8 Å². The van der Waals surface area contributed by atoms with Gasteiger partial charge in [0.15, 0.2) is 0 Å². The lowest BCUT2D eigenvalue weighted by Gasteiger charge is -2.35. The molecule has 1 aliphatic rings. The molecule has 1 aromatic carbocycles. The first-order valence-corrected chi connectivity index (χ1v) is 10.1. The first-order chi connectivity index (χ1) is 13.4. The second kappa shape index (κ2) is 9.07. The SMILES string of the molecule is CC(NC(=O)N(C)C1CCN(C)CC1)c1ccc(-c2ccncn2)c(Cl)c1Cl. The third-order valence-corrected chi connectivity index (χ3v) is 6.23. The van der Waals surface area contributed by atoms with Crippen molar-refractivity contribution in [2.75, 3.05) is 27.2 Å². The average Bonchev–Trinajstić information content (AvgIpc) is 2.70. The number of rotatable bonds is 4. The Hall–Kier alpha value is -1.89. The lowest BCUT2D eigenvalue weighted by molar-refractivity contribution is 0.146. The summed E-state index contributed by atoms with van der Waals surface area (Å²) >= 11 is 13.0. The molecule has 1 aliphatic heterocycles. The highest BCUT2D eigenvalue weighted by atomic mass is 35.5. The molecule has 28 heavy (non-hydrogen) atoms. The van der Waals surface area contributed by atoms with Crippen LogP contribution in [0, 0.1) is 0 Å². The van der Waals surface area contributed by atoms with Crippen molar-refractivity contribution in [3.8, 4) is 11.3 Å². The molecule has 1 saturated heterocycles. The minimum Gasteiger partial charge on any atom is -0.331 e. The Balaban J connectivity index is 1.71. The molecule has 1 atom stereocenters. The van der Waals surface area contributed by atoms with E-state index in [0.29, 0.717) is 15.7 Å². The van der Waals surface area contributed by atoms with Crippen LogP contribution >= 0.6 is 23.2 Å². The molecule has 8 heteroatoms. The Kier molecular flexibility index (Phi) is 6.75. The Bertz CT molecular complexity index is 825. The zero-order chi connectivity index (χ0) is 20.3. The van der Waals surface area contributed by atoms with Crippen LogP contribution in [0.15, 0.2) is 30.7 Å². The molecule has 0 bridgehead atoms. The Morgan fingerprint density at radius 1 is 1.25 bits per heavy atom. The Morgan fingerprint density at radius 3 is 2.61 bits per heavy atom. The van der Waals surface area contributed by atoms with Crippen molar-refractivity contribution in [3.63, 3.8) is 0 Å². The Labute approximate surface area is 175 Å². The van der Waals surface area contributed by atoms with Crippen LogP contribution in [0.2, 0.25) is 10.0 Å². The van der Waals surface area contributed by atoms with E-state index >= 15 is 0 Å². The van der Waals surface area contributed by atoms with E-state index in [1.165, 1.54) is 6.33 Å². The van der Waals surface area contributed by atoms with Crippen molar-refractivity contribution in [3.05, 3.63) is 46.3 Å². The largest absolute Gasteiger partial charge is 0.331 e. The lowest BCUT2D eigenvalue weighted by atomic mass is 10.0. The zero-order valence-electron chi connectivity index (χ0n) is 16.3. The third kappa shape index (κ3) is 4.57. The highest BCUT2D eigenvalue weighted by Gasteiger charge is 2.25. The fraction of sp³-hybridized carbons (Fsp3) is 0.450. The van der Waals surface area contributed by atoms with Gasteiger partial charge in [-0.25, -0.2) is 14.8 Å². The van der Waals surface area contributed by atoms with Gasteiger partial charge in [0.1, 0.15) is 6.33 Å². The van der Waals surface area contributed by atoms with Gasteiger partial charge in [-0.05, 0) is 51.5 Å². The van der Waals surface area contributed by atoms with Crippen molar-refractivity contribution < 1.29 is 4.79 Å². The van der Waals surface area contributed by atoms with Crippen molar-refractivity contribution >= 4 is 29.2 Å². The van der Waals surface area contributed by atoms with Gasteiger partial charge >= 0.3 is 6.03 Å². The van der Waals surface area contributed by atoms with E-state index in [1.54, 1.807) is 17.2 Å². The molecule has 3 rings (SSSR count). The number of amides is 2. The summed E-state index contributed by atoms with van der Waals surface area (Å²) in [5, 5.41) is 3.88. The zero-order valence-corrected chi connectivity index (χ0v) is 17.8. The van der Waals surface area contributed by atoms with Crippen LogP contribution in [0.1, 0.15) is 31.4 Å². The quantitative estimate of drug-likeness (QED) is 0.801. The topological polar surface area (TPSA) is 61.4 Å². The number of likely N-dealkylation sites (tertiary alicyclic amines) is 1. The number of nitrogens with zero attached hydrogens (tertiary/aromatic N) is 4. The maximum absolute atomic E-state index is 12.7. The maximum Gasteiger partial charge on any atom is 0.317 e. The summed E-state index contributed by atoms with van der Waals surface area (Å²) in [5.74, 6) is 0. The number of halogens is 2. The minimum absolute atomic E-state index is 0.103. The second-order valence-corrected chi connectivity index (χ2v) is 8.00. The van der Waals surface area contributed by atoms with Crippen LogP contribution in [-0.2, 0) is 0 Å². The van der Waals surface area contributed by atoms with E-state index in [0.717, 1.165) is 37.1 Å². The van der Waals surface area contributed by atoms with Crippen molar-refractivity contribution in [2.24, 2.45) is 0 Å². The Morgan fingerprint density at radius 2 is 1.96 bits per heavy atom. The van der Waals surface area contributed by atoms with Crippen molar-refractivity contribution in [1.82, 2.24) is 25.1 Å². The molecular weight excluding hydrogens is 397 g/mol. The second-order valence-electron chi connectivity index (χ2n) is 7.24. The summed E-state index contributed by atoms with van der Waals surface area (Å²) in [5.41, 5.74) is 2.21. The van der Waals surface area contributed by atoms with Crippen molar-refractivity contribution in [1.29, 1.82) is 0 Å². The molecule has 0 radical (unpaired) electrons. The summed E-state index contributed by atoms with van der Waals surface area (Å²) in [6, 6.07) is 5.41. The van der Waals surface area contributed by atoms with Crippen LogP contribution in [-0.4, -0.2) is 59.0 Å². The number of urea groups is 1. The van der Waals surface area contributed by atoms with Crippen LogP contribution in [0.4, 0.5) is 4.79 Å². The maximum atomic E-state index is 12.7. The van der Waals surface area contributed by atoms with Gasteiger partial charge in [0.2, 0.25) is 0 Å². The van der Waals surface area contributed by atoms with E-state index < -0.39 is 0 Å². The molecule has 0 spiro atoms. The predicted octanol–water partition coefficient (Wildman–Crippen LogP) is 4.25. The summed E-state index contributed by atoms with van der Waals surface area (Å²) in [6.07, 6.45) is 5.08. The highest BCUT2D eigenvalue weighted by molar-refractivity contribution is 6.44. The highest BCUT2D eigenvalue weighted by Crippen LogP contribution is 2.37. The summed E-state index contributed by atoms with van der Waals surface area (Å²) < 4.78 is 0. The van der Waals surface area contributed by atoms with Crippen LogP contribution < -0.4 is 5.32 Å². The van der Waals surface area contributed by atoms with Gasteiger partial charge in [-0.2, -0.15) is 0 Å². The molecule has 6 nitrogen and oxygen atoms in total. The number of hydrogen-bond acceptors (Lipinski definition) is 4. The van der Waals surface area contributed by atoms with Crippen molar-refractivity contribution in [2.45, 2.75) is 31.8 Å². The summed E-state index contributed by atoms with van der Waals surface area (Å²) in [6.45, 7) is 3.91. The molecule has 0 aliphatic carbocycles. The molecule has 2 amide bonds. The van der Waals surface area contributed by atoms with E-state index in [1.807, 2.05) is 26.1 Å². The van der Waals surface area contributed by atoms with Crippen LogP contribution in [0.3, 0.4) is 0 Å². The molecule has 150 valence electrons. The fourth-order valence-corrected chi connectivity index (χ4v) is 4.06. The van der Waals surface area contributed by atoms with E-state index in [-0.39, 0.29) is 18.1 Å². The normalized spacial score (nSPS) is 16.6. The summed E-state index contributed by atoms with van der Waals surface area (Å²) in [4.78, 5) is 24.9. The monoisotopic (exact) mass is 421 g/mol. The van der Waals surface area contributed by atoms with Gasteiger partial charge in [-0.3, -0.25) is 0 Å². The minimum atomic E-state index is -0.273. The first-order valence-electron chi connectivity index (χ1n) is 9.34. The van der Waals surface area contributed by atoms with E-state index in [9.17, 15) is 4.79 Å². The molecule has 0 saturated carbocycles. The molecule has 2 heterocycles. The third-order valence-electron chi connectivity index (χ3n) is 5.33. The molecule has 2 aromatic rings. The summed E-state index contributed by atoms with van der Waals surface area (Å²) in [7, 11) is 3.96. The molecule has 1 unspecified atom stereocenters. The van der Waals surface area contributed by atoms with Gasteiger partial charge in [-0.15, -0.1) is 0 Å². The van der Waals surface area contributed by atoms with Gasteiger partial charge in [0.25, 0.3) is 0 Å². The van der Waals surface area contributed by atoms with Gasteiger partial charge in [0, 0.05) is 24.8 Å². The van der Waals surface area contributed by atoms with Crippen LogP contribution in [0.5, 0.6) is 0 Å². The number of aromatic nitrogens is 2. The number of carbonyl (C=O) groups excluding carboxylic acids is 1. The lowest BCUT2D eigenvalue weighted by Crippen LogP contribution is -2.48.